The second kappa shape index (κ2) is 13.4. The van der Waals surface area contributed by atoms with E-state index in [0.717, 1.165) is 5.56 Å². The van der Waals surface area contributed by atoms with Gasteiger partial charge in [-0.1, -0.05) is 124 Å². The SMILES string of the molecule is COC(=O)C(C(=O)OC)[C@H](/C=C/CCO[Si](c1ccccc1)(c1ccccc1)C(C)(C)C)c1ccccc1. The number of esters is 2. The Morgan fingerprint density at radius 3 is 1.63 bits per heavy atom. The number of hydrogen-bond donors (Lipinski definition) is 0. The lowest BCUT2D eigenvalue weighted by Gasteiger charge is -2.43. The largest absolute Gasteiger partial charge is 0.468 e. The van der Waals surface area contributed by atoms with Gasteiger partial charge in [-0.3, -0.25) is 9.59 Å². The molecular weight excluding hydrogens is 492 g/mol. The zero-order valence-electron chi connectivity index (χ0n) is 22.9. The zero-order valence-corrected chi connectivity index (χ0v) is 23.9. The van der Waals surface area contributed by atoms with E-state index in [-0.39, 0.29) is 5.04 Å². The molecule has 5 nitrogen and oxygen atoms in total. The van der Waals surface area contributed by atoms with E-state index < -0.39 is 32.1 Å². The van der Waals surface area contributed by atoms with E-state index in [4.69, 9.17) is 13.9 Å². The van der Waals surface area contributed by atoms with Crippen LogP contribution in [-0.4, -0.2) is 41.1 Å². The van der Waals surface area contributed by atoms with Crippen LogP contribution in [0, 0.1) is 5.92 Å². The maximum absolute atomic E-state index is 12.6. The molecule has 0 aliphatic heterocycles. The minimum atomic E-state index is -2.64. The number of rotatable bonds is 11. The fourth-order valence-corrected chi connectivity index (χ4v) is 9.60. The normalized spacial score (nSPS) is 12.9. The van der Waals surface area contributed by atoms with Gasteiger partial charge in [-0.15, -0.1) is 0 Å². The molecule has 0 saturated heterocycles. The van der Waals surface area contributed by atoms with E-state index in [1.807, 2.05) is 54.6 Å². The molecule has 3 aromatic rings. The van der Waals surface area contributed by atoms with Crippen molar-refractivity contribution in [3.8, 4) is 0 Å². The average molecular weight is 531 g/mol. The number of ether oxygens (including phenoxy) is 2. The predicted octanol–water partition coefficient (Wildman–Crippen LogP) is 5.26. The van der Waals surface area contributed by atoms with Crippen molar-refractivity contribution in [1.29, 1.82) is 0 Å². The highest BCUT2D eigenvalue weighted by atomic mass is 28.4. The predicted molar refractivity (Wildman–Crippen MR) is 154 cm³/mol. The van der Waals surface area contributed by atoms with Crippen LogP contribution >= 0.6 is 0 Å². The Bertz CT molecular complexity index is 1130. The fourth-order valence-electron chi connectivity index (χ4n) is 5.02. The molecule has 6 heteroatoms. The zero-order chi connectivity index (χ0) is 27.6. The highest BCUT2D eigenvalue weighted by molar-refractivity contribution is 6.99. The van der Waals surface area contributed by atoms with Crippen molar-refractivity contribution in [2.75, 3.05) is 20.8 Å². The van der Waals surface area contributed by atoms with Crippen LogP contribution in [-0.2, 0) is 23.5 Å². The summed E-state index contributed by atoms with van der Waals surface area (Å²) in [5, 5.41) is 2.33. The summed E-state index contributed by atoms with van der Waals surface area (Å²) in [5.41, 5.74) is 0.831. The van der Waals surface area contributed by atoms with Crippen molar-refractivity contribution in [2.45, 2.75) is 38.1 Å². The fraction of sp³-hybridized carbons (Fsp3) is 0.312. The first-order valence-corrected chi connectivity index (χ1v) is 14.8. The van der Waals surface area contributed by atoms with E-state index in [0.29, 0.717) is 13.0 Å². The van der Waals surface area contributed by atoms with Crippen molar-refractivity contribution in [2.24, 2.45) is 5.92 Å². The molecule has 0 aromatic heterocycles. The first kappa shape index (κ1) is 29.1. The smallest absolute Gasteiger partial charge is 0.321 e. The third-order valence-corrected chi connectivity index (χ3v) is 11.9. The summed E-state index contributed by atoms with van der Waals surface area (Å²) in [4.78, 5) is 25.2. The standard InChI is InChI=1S/C32H38O5Si/c1-32(2,3)38(26-19-11-7-12-20-26,27-21-13-8-14-22-27)37-24-16-15-23-28(25-17-9-6-10-18-25)29(30(33)35-4)31(34)36-5/h6-15,17-23,28-29H,16,24H2,1-5H3/b23-15+/t28-/m1/s1. The van der Waals surface area contributed by atoms with E-state index in [1.54, 1.807) is 0 Å². The van der Waals surface area contributed by atoms with Crippen LogP contribution in [0.25, 0.3) is 0 Å². The molecule has 200 valence electrons. The van der Waals surface area contributed by atoms with E-state index in [1.165, 1.54) is 24.6 Å². The number of methoxy groups -OCH3 is 2. The van der Waals surface area contributed by atoms with Gasteiger partial charge in [-0.2, -0.15) is 0 Å². The quantitative estimate of drug-likeness (QED) is 0.111. The first-order valence-electron chi connectivity index (χ1n) is 12.9. The summed E-state index contributed by atoms with van der Waals surface area (Å²) in [6, 6.07) is 30.5. The van der Waals surface area contributed by atoms with Gasteiger partial charge in [0.15, 0.2) is 5.92 Å². The van der Waals surface area contributed by atoms with Gasteiger partial charge in [-0.25, -0.2) is 0 Å². The Kier molecular flexibility index (Phi) is 10.2. The van der Waals surface area contributed by atoms with Gasteiger partial charge < -0.3 is 13.9 Å². The molecule has 0 radical (unpaired) electrons. The molecule has 0 aliphatic rings. The Morgan fingerprint density at radius 1 is 0.763 bits per heavy atom. The number of carbonyl (C=O) groups excluding carboxylic acids is 2. The van der Waals surface area contributed by atoms with Crippen molar-refractivity contribution < 1.29 is 23.5 Å². The molecule has 3 aromatic carbocycles. The van der Waals surface area contributed by atoms with Gasteiger partial charge in [-0.05, 0) is 27.4 Å². The first-order chi connectivity index (χ1) is 18.3. The molecule has 0 saturated carbocycles. The van der Waals surface area contributed by atoms with Gasteiger partial charge in [0.1, 0.15) is 0 Å². The maximum atomic E-state index is 12.6. The minimum Gasteiger partial charge on any atom is -0.468 e. The lowest BCUT2D eigenvalue weighted by Crippen LogP contribution is -2.66. The number of hydrogen-bond acceptors (Lipinski definition) is 5. The van der Waals surface area contributed by atoms with E-state index >= 15 is 0 Å². The number of allylic oxidation sites excluding steroid dienone is 1. The molecule has 38 heavy (non-hydrogen) atoms. The van der Waals surface area contributed by atoms with Crippen LogP contribution in [0.4, 0.5) is 0 Å². The van der Waals surface area contributed by atoms with Crippen molar-refractivity contribution in [3.63, 3.8) is 0 Å². The molecule has 0 amide bonds. The summed E-state index contributed by atoms with van der Waals surface area (Å²) in [6.07, 6.45) is 4.49. The van der Waals surface area contributed by atoms with Crippen LogP contribution in [0.5, 0.6) is 0 Å². The average Bonchev–Trinajstić information content (AvgIpc) is 2.94. The molecular formula is C32H38O5Si. The van der Waals surface area contributed by atoms with Crippen molar-refractivity contribution >= 4 is 30.6 Å². The Labute approximate surface area is 227 Å². The molecule has 0 heterocycles. The van der Waals surface area contributed by atoms with E-state index in [2.05, 4.69) is 69.3 Å². The summed E-state index contributed by atoms with van der Waals surface area (Å²) in [6.45, 7) is 7.24. The van der Waals surface area contributed by atoms with Crippen LogP contribution in [0.1, 0.15) is 38.7 Å². The van der Waals surface area contributed by atoms with E-state index in [9.17, 15) is 9.59 Å². The van der Waals surface area contributed by atoms with Crippen LogP contribution in [0.3, 0.4) is 0 Å². The van der Waals surface area contributed by atoms with Crippen LogP contribution in [0.15, 0.2) is 103 Å². The minimum absolute atomic E-state index is 0.118. The number of carbonyl (C=O) groups is 2. The third-order valence-electron chi connectivity index (χ3n) is 6.82. The second-order valence-corrected chi connectivity index (χ2v) is 14.5. The molecule has 0 aliphatic carbocycles. The molecule has 0 bridgehead atoms. The van der Waals surface area contributed by atoms with Crippen LogP contribution < -0.4 is 10.4 Å². The second-order valence-electron chi connectivity index (χ2n) is 10.2. The maximum Gasteiger partial charge on any atom is 0.321 e. The lowest BCUT2D eigenvalue weighted by atomic mass is 9.85. The molecule has 0 N–H and O–H groups in total. The highest BCUT2D eigenvalue weighted by Gasteiger charge is 2.49. The summed E-state index contributed by atoms with van der Waals surface area (Å²) >= 11 is 0. The molecule has 0 spiro atoms. The summed E-state index contributed by atoms with van der Waals surface area (Å²) < 4.78 is 16.9. The van der Waals surface area contributed by atoms with Gasteiger partial charge in [0.25, 0.3) is 8.32 Å². The molecule has 0 unspecified atom stereocenters. The molecule has 0 fully saturated rings. The van der Waals surface area contributed by atoms with Crippen LogP contribution in [0.2, 0.25) is 5.04 Å². The Morgan fingerprint density at radius 2 is 1.21 bits per heavy atom. The van der Waals surface area contributed by atoms with Gasteiger partial charge in [0.05, 0.1) is 14.2 Å². The Hall–Kier alpha value is -3.48. The van der Waals surface area contributed by atoms with Gasteiger partial charge in [0.2, 0.25) is 0 Å². The monoisotopic (exact) mass is 530 g/mol. The van der Waals surface area contributed by atoms with Gasteiger partial charge >= 0.3 is 11.9 Å². The number of benzene rings is 3. The van der Waals surface area contributed by atoms with Crippen molar-refractivity contribution in [1.82, 2.24) is 0 Å². The summed E-state index contributed by atoms with van der Waals surface area (Å²) in [7, 11) is -0.0827. The third kappa shape index (κ3) is 6.50. The highest BCUT2D eigenvalue weighted by Crippen LogP contribution is 2.37. The molecule has 3 rings (SSSR count). The topological polar surface area (TPSA) is 61.8 Å². The van der Waals surface area contributed by atoms with Gasteiger partial charge in [0, 0.05) is 12.5 Å². The summed E-state index contributed by atoms with van der Waals surface area (Å²) in [5.74, 6) is -2.87. The Balaban J connectivity index is 1.90. The molecule has 1 atom stereocenters. The lowest BCUT2D eigenvalue weighted by molar-refractivity contribution is -0.159. The van der Waals surface area contributed by atoms with Crippen molar-refractivity contribution in [3.05, 3.63) is 109 Å².